The number of allylic oxidation sites excluding steroid dienone is 1. The molecule has 90 valence electrons. The molecule has 0 aromatic heterocycles. The highest BCUT2D eigenvalue weighted by Crippen LogP contribution is 2.51. The van der Waals surface area contributed by atoms with E-state index in [1.165, 1.54) is 5.56 Å². The molecule has 0 N–H and O–H groups in total. The van der Waals surface area contributed by atoms with Gasteiger partial charge < -0.3 is 9.47 Å². The van der Waals surface area contributed by atoms with Gasteiger partial charge in [-0.3, -0.25) is 0 Å². The normalized spacial score (nSPS) is 35.1. The van der Waals surface area contributed by atoms with Gasteiger partial charge in [0.15, 0.2) is 5.79 Å². The first-order valence-electron chi connectivity index (χ1n) is 6.19. The highest BCUT2D eigenvalue weighted by atomic mass is 16.7. The lowest BCUT2D eigenvalue weighted by Crippen LogP contribution is -2.34. The van der Waals surface area contributed by atoms with Crippen LogP contribution in [0.15, 0.2) is 43.0 Å². The van der Waals surface area contributed by atoms with Crippen LogP contribution in [0.25, 0.3) is 0 Å². The minimum atomic E-state index is -0.371. The number of rotatable bonds is 4. The van der Waals surface area contributed by atoms with Crippen LogP contribution in [0.5, 0.6) is 0 Å². The van der Waals surface area contributed by atoms with Gasteiger partial charge in [-0.2, -0.15) is 0 Å². The molecule has 0 saturated carbocycles. The molecule has 0 radical (unpaired) electrons. The van der Waals surface area contributed by atoms with E-state index < -0.39 is 0 Å². The van der Waals surface area contributed by atoms with Crippen LogP contribution in [0.2, 0.25) is 0 Å². The summed E-state index contributed by atoms with van der Waals surface area (Å²) in [5.74, 6) is -0.371. The van der Waals surface area contributed by atoms with Crippen LogP contribution in [0, 0.1) is 5.41 Å². The first-order valence-corrected chi connectivity index (χ1v) is 6.19. The summed E-state index contributed by atoms with van der Waals surface area (Å²) in [5.41, 5.74) is 1.47. The molecule has 17 heavy (non-hydrogen) atoms. The van der Waals surface area contributed by atoms with Crippen molar-refractivity contribution in [3.8, 4) is 0 Å². The predicted octanol–water partition coefficient (Wildman–Crippen LogP) is 2.94. The predicted molar refractivity (Wildman–Crippen MR) is 66.6 cm³/mol. The average molecular weight is 230 g/mol. The van der Waals surface area contributed by atoms with Crippen LogP contribution in [-0.4, -0.2) is 19.0 Å². The van der Waals surface area contributed by atoms with Crippen LogP contribution in [-0.2, 0) is 15.9 Å². The SMILES string of the molecule is C=CCC12COC(Cc3ccccc3)(C1)OC2. The smallest absolute Gasteiger partial charge is 0.173 e. The van der Waals surface area contributed by atoms with Crippen LogP contribution in [0.4, 0.5) is 0 Å². The van der Waals surface area contributed by atoms with E-state index in [0.29, 0.717) is 0 Å². The quantitative estimate of drug-likeness (QED) is 0.740. The molecule has 2 saturated heterocycles. The molecule has 2 aliphatic heterocycles. The largest absolute Gasteiger partial charge is 0.349 e. The topological polar surface area (TPSA) is 18.5 Å². The van der Waals surface area contributed by atoms with Crippen molar-refractivity contribution in [3.05, 3.63) is 48.6 Å². The van der Waals surface area contributed by atoms with E-state index in [1.807, 2.05) is 12.1 Å². The van der Waals surface area contributed by atoms with Gasteiger partial charge in [0.05, 0.1) is 13.2 Å². The Balaban J connectivity index is 1.75. The van der Waals surface area contributed by atoms with Crippen LogP contribution < -0.4 is 0 Å². The fraction of sp³-hybridized carbons (Fsp3) is 0.467. The Hall–Kier alpha value is -1.12. The Morgan fingerprint density at radius 2 is 1.88 bits per heavy atom. The fourth-order valence-electron chi connectivity index (χ4n) is 3.00. The molecule has 0 atom stereocenters. The van der Waals surface area contributed by atoms with E-state index in [0.717, 1.165) is 32.5 Å². The molecule has 2 nitrogen and oxygen atoms in total. The molecule has 1 aromatic carbocycles. The number of ether oxygens (including phenoxy) is 2. The molecule has 2 heteroatoms. The second kappa shape index (κ2) is 3.97. The highest BCUT2D eigenvalue weighted by Gasteiger charge is 2.56. The minimum Gasteiger partial charge on any atom is -0.349 e. The van der Waals surface area contributed by atoms with Crippen molar-refractivity contribution in [1.82, 2.24) is 0 Å². The maximum absolute atomic E-state index is 5.93. The first kappa shape index (κ1) is 11.0. The first-order chi connectivity index (χ1) is 8.26. The number of benzene rings is 1. The van der Waals surface area contributed by atoms with Gasteiger partial charge in [-0.25, -0.2) is 0 Å². The van der Waals surface area contributed by atoms with Gasteiger partial charge in [0, 0.05) is 18.3 Å². The zero-order valence-electron chi connectivity index (χ0n) is 10.0. The van der Waals surface area contributed by atoms with Crippen molar-refractivity contribution < 1.29 is 9.47 Å². The van der Waals surface area contributed by atoms with Crippen LogP contribution >= 0.6 is 0 Å². The van der Waals surface area contributed by atoms with Crippen molar-refractivity contribution in [3.63, 3.8) is 0 Å². The maximum atomic E-state index is 5.93. The molecule has 2 heterocycles. The van der Waals surface area contributed by atoms with Crippen molar-refractivity contribution >= 4 is 0 Å². The molecule has 1 aromatic rings. The second-order valence-electron chi connectivity index (χ2n) is 5.32. The van der Waals surface area contributed by atoms with Crippen molar-refractivity contribution in [2.45, 2.75) is 25.0 Å². The third-order valence-corrected chi connectivity index (χ3v) is 3.82. The Bertz CT molecular complexity index is 402. The van der Waals surface area contributed by atoms with Crippen molar-refractivity contribution in [2.24, 2.45) is 5.41 Å². The summed E-state index contributed by atoms with van der Waals surface area (Å²) in [4.78, 5) is 0. The van der Waals surface area contributed by atoms with Gasteiger partial charge in [0.2, 0.25) is 0 Å². The standard InChI is InChI=1S/C15H18O2/c1-2-8-14-10-15(16-11-14,17-12-14)9-13-6-4-3-5-7-13/h2-7H,1,8-12H2. The summed E-state index contributed by atoms with van der Waals surface area (Å²) in [6.45, 7) is 5.45. The molecule has 2 fully saturated rings. The molecular weight excluding hydrogens is 212 g/mol. The second-order valence-corrected chi connectivity index (χ2v) is 5.32. The summed E-state index contributed by atoms with van der Waals surface area (Å²) in [6.07, 6.45) is 4.83. The number of hydrogen-bond donors (Lipinski definition) is 0. The summed E-state index contributed by atoms with van der Waals surface area (Å²) in [7, 11) is 0. The maximum Gasteiger partial charge on any atom is 0.173 e. The van der Waals surface area contributed by atoms with E-state index in [1.54, 1.807) is 0 Å². The molecule has 0 unspecified atom stereocenters. The van der Waals surface area contributed by atoms with E-state index in [4.69, 9.17) is 9.47 Å². The lowest BCUT2D eigenvalue weighted by Gasteiger charge is -2.28. The third-order valence-electron chi connectivity index (χ3n) is 3.82. The molecule has 0 spiro atoms. The summed E-state index contributed by atoms with van der Waals surface area (Å²) in [5, 5.41) is 0. The van der Waals surface area contributed by atoms with E-state index in [-0.39, 0.29) is 11.2 Å². The van der Waals surface area contributed by atoms with Crippen LogP contribution in [0.1, 0.15) is 18.4 Å². The van der Waals surface area contributed by atoms with Crippen LogP contribution in [0.3, 0.4) is 0 Å². The minimum absolute atomic E-state index is 0.191. The Labute approximate surface area is 102 Å². The fourth-order valence-corrected chi connectivity index (χ4v) is 3.00. The monoisotopic (exact) mass is 230 g/mol. The lowest BCUT2D eigenvalue weighted by molar-refractivity contribution is -0.220. The molecule has 2 bridgehead atoms. The average Bonchev–Trinajstić information content (AvgIpc) is 2.86. The van der Waals surface area contributed by atoms with Crippen molar-refractivity contribution in [1.29, 1.82) is 0 Å². The molecule has 0 amide bonds. The van der Waals surface area contributed by atoms with Gasteiger partial charge in [-0.1, -0.05) is 36.4 Å². The molecular formula is C15H18O2. The van der Waals surface area contributed by atoms with Gasteiger partial charge in [0.25, 0.3) is 0 Å². The molecule has 3 rings (SSSR count). The summed E-state index contributed by atoms with van der Waals surface area (Å²) in [6, 6.07) is 10.4. The Kier molecular flexibility index (Phi) is 2.57. The Morgan fingerprint density at radius 3 is 2.53 bits per heavy atom. The Morgan fingerprint density at radius 1 is 1.18 bits per heavy atom. The van der Waals surface area contributed by atoms with E-state index in [9.17, 15) is 0 Å². The van der Waals surface area contributed by atoms with Gasteiger partial charge in [-0.15, -0.1) is 6.58 Å². The number of hydrogen-bond acceptors (Lipinski definition) is 2. The van der Waals surface area contributed by atoms with Gasteiger partial charge >= 0.3 is 0 Å². The highest BCUT2D eigenvalue weighted by molar-refractivity contribution is 5.18. The van der Waals surface area contributed by atoms with E-state index in [2.05, 4.69) is 30.8 Å². The summed E-state index contributed by atoms with van der Waals surface area (Å²) < 4.78 is 11.9. The molecule has 2 aliphatic rings. The lowest BCUT2D eigenvalue weighted by atomic mass is 9.83. The zero-order chi connectivity index (χ0) is 11.8. The van der Waals surface area contributed by atoms with Gasteiger partial charge in [0.1, 0.15) is 0 Å². The summed E-state index contributed by atoms with van der Waals surface area (Å²) >= 11 is 0. The van der Waals surface area contributed by atoms with Crippen molar-refractivity contribution in [2.75, 3.05) is 13.2 Å². The van der Waals surface area contributed by atoms with E-state index >= 15 is 0 Å². The zero-order valence-corrected chi connectivity index (χ0v) is 10.0. The third kappa shape index (κ3) is 1.92. The number of fused-ring (bicyclic) bond motifs is 2. The van der Waals surface area contributed by atoms with Gasteiger partial charge in [-0.05, 0) is 12.0 Å². The molecule has 0 aliphatic carbocycles.